The molecule has 0 aliphatic heterocycles. The molecule has 0 fully saturated rings. The second-order valence-corrected chi connectivity index (χ2v) is 5.72. The number of benzene rings is 2. The van der Waals surface area contributed by atoms with Gasteiger partial charge in [-0.3, -0.25) is 0 Å². The molecule has 1 radical (unpaired) electrons. The molecule has 0 aromatic heterocycles. The molecule has 0 spiro atoms. The van der Waals surface area contributed by atoms with Crippen LogP contribution in [0.2, 0.25) is 0 Å². The molecule has 0 bridgehead atoms. The van der Waals surface area contributed by atoms with E-state index in [-0.39, 0.29) is 51.0 Å². The molecule has 0 heterocycles. The van der Waals surface area contributed by atoms with Crippen LogP contribution in [0.5, 0.6) is 0 Å². The zero-order valence-electron chi connectivity index (χ0n) is 13.7. The Labute approximate surface area is 171 Å². The van der Waals surface area contributed by atoms with E-state index in [0.717, 1.165) is 0 Å². The van der Waals surface area contributed by atoms with Crippen molar-refractivity contribution >= 4 is 10.8 Å². The maximum absolute atomic E-state index is 2.29. The maximum atomic E-state index is 2.29. The fourth-order valence-corrected chi connectivity index (χ4v) is 2.97. The van der Waals surface area contributed by atoms with Gasteiger partial charge in [0.25, 0.3) is 0 Å². The molecule has 0 aliphatic carbocycles. The van der Waals surface area contributed by atoms with Gasteiger partial charge in [0.1, 0.15) is 0 Å². The first-order valence-electron chi connectivity index (χ1n) is 7.46. The van der Waals surface area contributed by atoms with E-state index < -0.39 is 0 Å². The number of aryl methyl sites for hydroxylation is 1. The minimum absolute atomic E-state index is 0. The van der Waals surface area contributed by atoms with Gasteiger partial charge in [-0.25, -0.2) is 0 Å². The Balaban J connectivity index is 0.00000161. The van der Waals surface area contributed by atoms with Crippen LogP contribution >= 0.6 is 0 Å². The first-order valence-corrected chi connectivity index (χ1v) is 7.46. The summed E-state index contributed by atoms with van der Waals surface area (Å²) in [6.45, 7) is 6.74. The Bertz CT molecular complexity index is 729. The van der Waals surface area contributed by atoms with E-state index in [4.69, 9.17) is 0 Å². The van der Waals surface area contributed by atoms with Gasteiger partial charge in [0.2, 0.25) is 0 Å². The quantitative estimate of drug-likeness (QED) is 0.523. The Morgan fingerprint density at radius 2 is 1.57 bits per heavy atom. The van der Waals surface area contributed by atoms with Crippen LogP contribution in [0, 0.1) is 6.92 Å². The van der Waals surface area contributed by atoms with Crippen LogP contribution in [0.25, 0.3) is 21.9 Å². The molecule has 0 N–H and O–H groups in total. The van der Waals surface area contributed by atoms with E-state index in [2.05, 4.69) is 75.4 Å². The third kappa shape index (κ3) is 4.53. The molecular formula is C20H21Cl2Zr. The number of rotatable bonds is 3. The molecule has 0 amide bonds. The van der Waals surface area contributed by atoms with Crippen molar-refractivity contribution in [2.24, 2.45) is 0 Å². The molecule has 1 unspecified atom stereocenters. The van der Waals surface area contributed by atoms with Crippen LogP contribution in [0.15, 0.2) is 54.6 Å². The van der Waals surface area contributed by atoms with Crippen LogP contribution in [0.1, 0.15) is 37.3 Å². The maximum Gasteiger partial charge on any atom is 3.00 e. The van der Waals surface area contributed by atoms with Gasteiger partial charge in [-0.05, 0) is 17.9 Å². The molecule has 3 aromatic rings. The fourth-order valence-electron chi connectivity index (χ4n) is 2.97. The number of fused-ring (bicyclic) bond motifs is 1. The fraction of sp³-hybridized carbons (Fsp3) is 0.250. The van der Waals surface area contributed by atoms with Gasteiger partial charge < -0.3 is 24.8 Å². The van der Waals surface area contributed by atoms with Gasteiger partial charge >= 0.3 is 26.2 Å². The van der Waals surface area contributed by atoms with Crippen molar-refractivity contribution in [2.75, 3.05) is 0 Å². The van der Waals surface area contributed by atoms with Crippen LogP contribution in [0.3, 0.4) is 0 Å². The molecule has 3 aromatic carbocycles. The predicted octanol–water partition coefficient (Wildman–Crippen LogP) is 0.0531. The summed E-state index contributed by atoms with van der Waals surface area (Å²) >= 11 is 0. The number of hydrogen-bond donors (Lipinski definition) is 0. The first kappa shape index (κ1) is 22.5. The van der Waals surface area contributed by atoms with Crippen molar-refractivity contribution in [3.63, 3.8) is 0 Å². The molecule has 0 saturated carbocycles. The second kappa shape index (κ2) is 9.72. The van der Waals surface area contributed by atoms with E-state index in [1.165, 1.54) is 39.4 Å². The summed E-state index contributed by atoms with van der Waals surface area (Å²) in [5, 5.41) is 2.70. The normalized spacial score (nSPS) is 11.1. The molecule has 1 atom stereocenters. The van der Waals surface area contributed by atoms with Crippen molar-refractivity contribution in [3.05, 3.63) is 65.7 Å². The van der Waals surface area contributed by atoms with Gasteiger partial charge in [-0.15, -0.1) is 46.2 Å². The van der Waals surface area contributed by atoms with Gasteiger partial charge in [0.15, 0.2) is 0 Å². The van der Waals surface area contributed by atoms with Crippen LogP contribution in [-0.4, -0.2) is 0 Å². The molecule has 119 valence electrons. The summed E-state index contributed by atoms with van der Waals surface area (Å²) < 4.78 is 0. The second-order valence-electron chi connectivity index (χ2n) is 5.72. The standard InChI is InChI=1S/C20H21.2ClH.Zr/c1-4-14(2)16-9-11-17(12-10-16)20-15(3)13-18-7-5-6-8-19(18)20;;;/h5-14H,4H2,1-3H3;2*1H;/q-1;;;+3/p-2. The number of hydrogen-bond acceptors (Lipinski definition) is 0. The first-order chi connectivity index (χ1) is 9.70. The summed E-state index contributed by atoms with van der Waals surface area (Å²) in [4.78, 5) is 0. The Kier molecular flexibility index (Phi) is 9.52. The van der Waals surface area contributed by atoms with Gasteiger partial charge in [0.05, 0.1) is 0 Å². The third-order valence-corrected chi connectivity index (χ3v) is 4.38. The van der Waals surface area contributed by atoms with Crippen LogP contribution < -0.4 is 24.8 Å². The van der Waals surface area contributed by atoms with Crippen molar-refractivity contribution in [1.82, 2.24) is 0 Å². The topological polar surface area (TPSA) is 0 Å². The van der Waals surface area contributed by atoms with Crippen molar-refractivity contribution in [2.45, 2.75) is 33.1 Å². The molecule has 3 heteroatoms. The molecular weight excluding hydrogens is 402 g/mol. The SMILES string of the molecule is CCC(C)c1ccc(-c2c(C)[cH-]c3ccccc23)cc1.[Cl-].[Cl-].[Zr+3]. The smallest absolute Gasteiger partial charge is 1.00 e. The van der Waals surface area contributed by atoms with E-state index in [1.807, 2.05) is 0 Å². The van der Waals surface area contributed by atoms with Gasteiger partial charge in [0, 0.05) is 0 Å². The average molecular weight is 424 g/mol. The molecule has 0 saturated heterocycles. The number of halogens is 2. The Hall–Kier alpha value is -0.487. The van der Waals surface area contributed by atoms with Gasteiger partial charge in [-0.1, -0.05) is 56.7 Å². The zero-order valence-corrected chi connectivity index (χ0v) is 17.7. The predicted molar refractivity (Wildman–Crippen MR) is 88.4 cm³/mol. The van der Waals surface area contributed by atoms with Gasteiger partial charge in [-0.2, -0.15) is 0 Å². The van der Waals surface area contributed by atoms with E-state index in [9.17, 15) is 0 Å². The molecule has 23 heavy (non-hydrogen) atoms. The average Bonchev–Trinajstić information content (AvgIpc) is 2.82. The monoisotopic (exact) mass is 421 g/mol. The summed E-state index contributed by atoms with van der Waals surface area (Å²) in [5.41, 5.74) is 5.51. The molecule has 0 aliphatic rings. The Morgan fingerprint density at radius 3 is 2.17 bits per heavy atom. The molecule has 3 rings (SSSR count). The summed E-state index contributed by atoms with van der Waals surface area (Å²) in [7, 11) is 0. The zero-order chi connectivity index (χ0) is 14.1. The van der Waals surface area contributed by atoms with Crippen LogP contribution in [0.4, 0.5) is 0 Å². The van der Waals surface area contributed by atoms with E-state index >= 15 is 0 Å². The van der Waals surface area contributed by atoms with Crippen molar-refractivity contribution in [1.29, 1.82) is 0 Å². The summed E-state index contributed by atoms with van der Waals surface area (Å²) in [6, 6.07) is 20.0. The largest absolute Gasteiger partial charge is 3.00 e. The van der Waals surface area contributed by atoms with Crippen molar-refractivity contribution < 1.29 is 51.0 Å². The minimum atomic E-state index is 0. The summed E-state index contributed by atoms with van der Waals surface area (Å²) in [5.74, 6) is 0.640. The third-order valence-electron chi connectivity index (χ3n) is 4.38. The van der Waals surface area contributed by atoms with Crippen molar-refractivity contribution in [3.8, 4) is 11.1 Å². The summed E-state index contributed by atoms with van der Waals surface area (Å²) in [6.07, 6.45) is 1.19. The van der Waals surface area contributed by atoms with E-state index in [0.29, 0.717) is 5.92 Å². The minimum Gasteiger partial charge on any atom is -1.00 e. The Morgan fingerprint density at radius 1 is 0.957 bits per heavy atom. The van der Waals surface area contributed by atoms with E-state index in [1.54, 1.807) is 0 Å². The molecule has 0 nitrogen and oxygen atoms in total. The van der Waals surface area contributed by atoms with Crippen LogP contribution in [-0.2, 0) is 26.2 Å².